The zero-order valence-corrected chi connectivity index (χ0v) is 16.3. The molecule has 0 radical (unpaired) electrons. The molecule has 1 aliphatic carbocycles. The molecule has 0 N–H and O–H groups in total. The average Bonchev–Trinajstić information content (AvgIpc) is 3.21. The van der Waals surface area contributed by atoms with E-state index in [9.17, 15) is 4.39 Å². The van der Waals surface area contributed by atoms with Crippen molar-refractivity contribution in [2.75, 3.05) is 0 Å². The van der Waals surface area contributed by atoms with Crippen LogP contribution in [-0.4, -0.2) is 29.5 Å². The van der Waals surface area contributed by atoms with Crippen molar-refractivity contribution in [1.82, 2.24) is 29.5 Å². The van der Waals surface area contributed by atoms with Crippen LogP contribution in [0.4, 0.5) is 4.39 Å². The third kappa shape index (κ3) is 3.07. The first-order valence-electron chi connectivity index (χ1n) is 9.81. The van der Waals surface area contributed by atoms with Gasteiger partial charge in [-0.25, -0.2) is 19.3 Å². The number of rotatable bonds is 2. The molecule has 0 fully saturated rings. The van der Waals surface area contributed by atoms with Gasteiger partial charge >= 0.3 is 0 Å². The number of halogens is 1. The van der Waals surface area contributed by atoms with E-state index >= 15 is 0 Å². The summed E-state index contributed by atoms with van der Waals surface area (Å²) in [6.45, 7) is 0. The third-order valence-corrected chi connectivity index (χ3v) is 5.34. The van der Waals surface area contributed by atoms with E-state index in [1.54, 1.807) is 35.7 Å². The van der Waals surface area contributed by atoms with Crippen LogP contribution in [0.2, 0.25) is 0 Å². The molecule has 0 unspecified atom stereocenters. The van der Waals surface area contributed by atoms with Crippen molar-refractivity contribution in [3.8, 4) is 11.3 Å². The summed E-state index contributed by atoms with van der Waals surface area (Å²) in [5.41, 5.74) is 5.70. The summed E-state index contributed by atoms with van der Waals surface area (Å²) in [6.07, 6.45) is 10.4. The predicted molar refractivity (Wildman–Crippen MR) is 117 cm³/mol. The summed E-state index contributed by atoms with van der Waals surface area (Å²) in [5, 5.41) is 1.03. The summed E-state index contributed by atoms with van der Waals surface area (Å²) in [5.74, 6) is -0.309. The van der Waals surface area contributed by atoms with Gasteiger partial charge in [0.2, 0.25) is 0 Å². The summed E-state index contributed by atoms with van der Waals surface area (Å²) in [4.78, 5) is 22.2. The van der Waals surface area contributed by atoms with Crippen molar-refractivity contribution in [1.29, 1.82) is 0 Å². The largest absolute Gasteiger partial charge is 0.288 e. The van der Waals surface area contributed by atoms with Gasteiger partial charge < -0.3 is 0 Å². The maximum absolute atomic E-state index is 14.7. The van der Waals surface area contributed by atoms with E-state index in [0.717, 1.165) is 22.0 Å². The zero-order chi connectivity index (χ0) is 20.8. The Morgan fingerprint density at radius 3 is 2.87 bits per heavy atom. The molecule has 0 spiro atoms. The second kappa shape index (κ2) is 6.91. The summed E-state index contributed by atoms with van der Waals surface area (Å²) in [7, 11) is 0. The molecular weight excluding hydrogens is 391 g/mol. The van der Waals surface area contributed by atoms with E-state index in [2.05, 4.69) is 19.9 Å². The molecule has 148 valence electrons. The number of para-hydroxylation sites is 1. The van der Waals surface area contributed by atoms with Gasteiger partial charge in [-0.2, -0.15) is 0 Å². The number of pyridine rings is 2. The molecule has 4 aromatic heterocycles. The van der Waals surface area contributed by atoms with Crippen LogP contribution in [0.25, 0.3) is 45.7 Å². The number of imidazole rings is 1. The van der Waals surface area contributed by atoms with E-state index in [-0.39, 0.29) is 5.83 Å². The first-order valence-corrected chi connectivity index (χ1v) is 9.81. The number of hydrogen-bond acceptors (Lipinski definition) is 5. The molecule has 1 aliphatic rings. The van der Waals surface area contributed by atoms with Gasteiger partial charge in [0.1, 0.15) is 12.2 Å². The second-order valence-corrected chi connectivity index (χ2v) is 7.34. The van der Waals surface area contributed by atoms with E-state index in [1.807, 2.05) is 42.5 Å². The maximum Gasteiger partial charge on any atom is 0.197 e. The molecule has 0 bridgehead atoms. The lowest BCUT2D eigenvalue weighted by atomic mass is 9.97. The first-order chi connectivity index (χ1) is 15.2. The maximum atomic E-state index is 14.7. The minimum absolute atomic E-state index is 0.309. The van der Waals surface area contributed by atoms with Crippen LogP contribution < -0.4 is 0 Å². The molecule has 0 saturated heterocycles. The van der Waals surface area contributed by atoms with E-state index in [4.69, 9.17) is 4.98 Å². The number of hydrogen-bond donors (Lipinski definition) is 0. The molecule has 0 atom stereocenters. The van der Waals surface area contributed by atoms with Gasteiger partial charge in [-0.1, -0.05) is 24.3 Å². The topological polar surface area (TPSA) is 69.4 Å². The van der Waals surface area contributed by atoms with Crippen LogP contribution in [0, 0.1) is 0 Å². The van der Waals surface area contributed by atoms with Gasteiger partial charge in [-0.15, -0.1) is 0 Å². The van der Waals surface area contributed by atoms with Crippen molar-refractivity contribution in [2.24, 2.45) is 0 Å². The monoisotopic (exact) mass is 406 g/mol. The van der Waals surface area contributed by atoms with Crippen LogP contribution >= 0.6 is 0 Å². The molecule has 6 rings (SSSR count). The molecule has 5 aromatic rings. The van der Waals surface area contributed by atoms with Crippen LogP contribution in [0.1, 0.15) is 11.3 Å². The summed E-state index contributed by atoms with van der Waals surface area (Å²) >= 11 is 0. The SMILES string of the molecule is FC1=Cc2ncccc2CC1=Cn1cnc2ncc(-c3cnc4ccccc4c3)nc21. The van der Waals surface area contributed by atoms with Gasteiger partial charge in [0.25, 0.3) is 0 Å². The van der Waals surface area contributed by atoms with Gasteiger partial charge in [0.15, 0.2) is 11.3 Å². The Morgan fingerprint density at radius 2 is 1.90 bits per heavy atom. The minimum Gasteiger partial charge on any atom is -0.288 e. The van der Waals surface area contributed by atoms with Crippen molar-refractivity contribution in [2.45, 2.75) is 6.42 Å². The Labute approximate surface area is 176 Å². The highest BCUT2D eigenvalue weighted by Gasteiger charge is 2.17. The molecule has 31 heavy (non-hydrogen) atoms. The Morgan fingerprint density at radius 1 is 0.968 bits per heavy atom. The second-order valence-electron chi connectivity index (χ2n) is 7.34. The summed E-state index contributed by atoms with van der Waals surface area (Å²) < 4.78 is 16.4. The normalized spacial score (nSPS) is 14.7. The Balaban J connectivity index is 1.43. The fraction of sp³-hybridized carbons (Fsp3) is 0.0417. The molecule has 1 aromatic carbocycles. The molecular formula is C24H15FN6. The molecule has 0 amide bonds. The van der Waals surface area contributed by atoms with Gasteiger partial charge in [0.05, 0.1) is 23.1 Å². The zero-order valence-electron chi connectivity index (χ0n) is 16.3. The Hall–Kier alpha value is -4.26. The molecule has 0 saturated carbocycles. The van der Waals surface area contributed by atoms with Gasteiger partial charge in [-0.3, -0.25) is 14.5 Å². The predicted octanol–water partition coefficient (Wildman–Crippen LogP) is 4.84. The van der Waals surface area contributed by atoms with Crippen molar-refractivity contribution < 1.29 is 4.39 Å². The van der Waals surface area contributed by atoms with Crippen molar-refractivity contribution in [3.05, 3.63) is 90.0 Å². The van der Waals surface area contributed by atoms with Crippen LogP contribution in [0.5, 0.6) is 0 Å². The highest BCUT2D eigenvalue weighted by molar-refractivity contribution is 5.83. The fourth-order valence-corrected chi connectivity index (χ4v) is 3.76. The van der Waals surface area contributed by atoms with Crippen LogP contribution in [0.15, 0.2) is 78.8 Å². The number of allylic oxidation sites excluding steroid dienone is 2. The van der Waals surface area contributed by atoms with Crippen molar-refractivity contribution >= 4 is 34.5 Å². The van der Waals surface area contributed by atoms with Crippen LogP contribution in [0.3, 0.4) is 0 Å². The lowest BCUT2D eigenvalue weighted by Gasteiger charge is -2.14. The third-order valence-electron chi connectivity index (χ3n) is 5.34. The van der Waals surface area contributed by atoms with Crippen LogP contribution in [-0.2, 0) is 6.42 Å². The molecule has 4 heterocycles. The highest BCUT2D eigenvalue weighted by Crippen LogP contribution is 2.29. The minimum atomic E-state index is -0.309. The number of aromatic nitrogens is 6. The Kier molecular flexibility index (Phi) is 3.92. The Bertz CT molecular complexity index is 1530. The quantitative estimate of drug-likeness (QED) is 0.419. The van der Waals surface area contributed by atoms with E-state index in [1.165, 1.54) is 6.08 Å². The summed E-state index contributed by atoms with van der Waals surface area (Å²) in [6, 6.07) is 13.8. The number of benzene rings is 1. The number of fused-ring (bicyclic) bond motifs is 3. The average molecular weight is 406 g/mol. The standard InChI is InChI=1S/C24H15FN6/c25-19-10-21-16(5-3-7-26-21)9-18(19)13-31-14-29-23-24(31)30-22(12-28-23)17-8-15-4-1-2-6-20(15)27-11-17/h1-8,10-14H,9H2. The smallest absolute Gasteiger partial charge is 0.197 e. The van der Waals surface area contributed by atoms with E-state index in [0.29, 0.717) is 34.7 Å². The number of nitrogens with zero attached hydrogens (tertiary/aromatic N) is 6. The fourth-order valence-electron chi connectivity index (χ4n) is 3.76. The molecule has 7 heteroatoms. The first kappa shape index (κ1) is 17.6. The molecule has 6 nitrogen and oxygen atoms in total. The van der Waals surface area contributed by atoms with Crippen molar-refractivity contribution in [3.63, 3.8) is 0 Å². The lowest BCUT2D eigenvalue weighted by Crippen LogP contribution is -2.04. The van der Waals surface area contributed by atoms with E-state index < -0.39 is 0 Å². The van der Waals surface area contributed by atoms with Gasteiger partial charge in [0, 0.05) is 47.6 Å². The molecule has 0 aliphatic heterocycles. The lowest BCUT2D eigenvalue weighted by molar-refractivity contribution is 0.648. The van der Waals surface area contributed by atoms with Gasteiger partial charge in [-0.05, 0) is 23.8 Å². The highest BCUT2D eigenvalue weighted by atomic mass is 19.1.